The molecule has 1 rings (SSSR count). The van der Waals surface area contributed by atoms with Crippen molar-refractivity contribution in [2.75, 3.05) is 0 Å². The van der Waals surface area contributed by atoms with Crippen LogP contribution in [0.1, 0.15) is 41.5 Å². The largest absolute Gasteiger partial charge is 0.325 e. The van der Waals surface area contributed by atoms with E-state index < -0.39 is 0 Å². The zero-order valence-corrected chi connectivity index (χ0v) is 11.0. The van der Waals surface area contributed by atoms with Crippen LogP contribution in [0.5, 0.6) is 0 Å². The molecular weight excluding hydrogens is 182 g/mol. The van der Waals surface area contributed by atoms with Crippen LogP contribution >= 0.6 is 0 Å². The first-order valence-electron chi connectivity index (χ1n) is 5.70. The third-order valence-electron chi connectivity index (χ3n) is 1.53. The van der Waals surface area contributed by atoms with Crippen molar-refractivity contribution in [3.63, 3.8) is 0 Å². The van der Waals surface area contributed by atoms with Crippen molar-refractivity contribution in [2.24, 2.45) is 0 Å². The zero-order chi connectivity index (χ0) is 12.3. The van der Waals surface area contributed by atoms with Crippen molar-refractivity contribution < 1.29 is 0 Å². The van der Waals surface area contributed by atoms with E-state index in [1.165, 1.54) is 5.57 Å². The maximum absolute atomic E-state index is 3.91. The Balaban J connectivity index is 0. The van der Waals surface area contributed by atoms with Crippen LogP contribution in [-0.4, -0.2) is 4.90 Å². The summed E-state index contributed by atoms with van der Waals surface area (Å²) in [5.74, 6) is 0. The summed E-state index contributed by atoms with van der Waals surface area (Å²) in [6.45, 7) is 16.0. The number of nitrogens with zero attached hydrogens (tertiary/aromatic N) is 1. The Hall–Kier alpha value is -1.24. The van der Waals surface area contributed by atoms with Gasteiger partial charge in [0.2, 0.25) is 0 Å². The fourth-order valence-corrected chi connectivity index (χ4v) is 0.985. The van der Waals surface area contributed by atoms with Crippen LogP contribution in [0.25, 0.3) is 0 Å². The van der Waals surface area contributed by atoms with Gasteiger partial charge in [-0.2, -0.15) is 0 Å². The van der Waals surface area contributed by atoms with Gasteiger partial charge in [-0.15, -0.1) is 0 Å². The lowest BCUT2D eigenvalue weighted by Crippen LogP contribution is -2.08. The van der Waals surface area contributed by atoms with E-state index in [4.69, 9.17) is 0 Å². The SMILES string of the molecule is C=C1C=C(C)C=CN1/C=C\C.CC.CC. The maximum atomic E-state index is 3.91. The molecule has 1 nitrogen and oxygen atoms in total. The van der Waals surface area contributed by atoms with Crippen LogP contribution in [0, 0.1) is 0 Å². The normalized spacial score (nSPS) is 13.9. The van der Waals surface area contributed by atoms with Crippen molar-refractivity contribution in [3.8, 4) is 0 Å². The second-order valence-corrected chi connectivity index (χ2v) is 2.59. The van der Waals surface area contributed by atoms with E-state index in [1.54, 1.807) is 0 Å². The summed E-state index contributed by atoms with van der Waals surface area (Å²) in [6.07, 6.45) is 10.1. The molecule has 1 aliphatic heterocycles. The van der Waals surface area contributed by atoms with Crippen molar-refractivity contribution in [3.05, 3.63) is 48.5 Å². The van der Waals surface area contributed by atoms with E-state index in [-0.39, 0.29) is 0 Å². The van der Waals surface area contributed by atoms with Gasteiger partial charge < -0.3 is 4.90 Å². The summed E-state index contributed by atoms with van der Waals surface area (Å²) < 4.78 is 0. The van der Waals surface area contributed by atoms with E-state index in [2.05, 4.69) is 25.7 Å². The molecule has 0 unspecified atom stereocenters. The third-order valence-corrected chi connectivity index (χ3v) is 1.53. The lowest BCUT2D eigenvalue weighted by atomic mass is 10.2. The molecule has 0 aromatic rings. The Kier molecular flexibility index (Phi) is 11.7. The van der Waals surface area contributed by atoms with Gasteiger partial charge in [-0.3, -0.25) is 0 Å². The smallest absolute Gasteiger partial charge is 0.0380 e. The first-order valence-corrected chi connectivity index (χ1v) is 5.70. The van der Waals surface area contributed by atoms with E-state index in [0.717, 1.165) is 5.70 Å². The minimum atomic E-state index is 1.02. The molecule has 0 fully saturated rings. The molecule has 0 saturated heterocycles. The van der Waals surface area contributed by atoms with Gasteiger partial charge in [0.05, 0.1) is 0 Å². The van der Waals surface area contributed by atoms with Crippen LogP contribution in [0.15, 0.2) is 48.5 Å². The molecule has 15 heavy (non-hydrogen) atoms. The van der Waals surface area contributed by atoms with Gasteiger partial charge in [-0.05, 0) is 31.6 Å². The highest BCUT2D eigenvalue weighted by molar-refractivity contribution is 5.33. The van der Waals surface area contributed by atoms with E-state index in [1.807, 2.05) is 58.0 Å². The predicted molar refractivity (Wildman–Crippen MR) is 71.4 cm³/mol. The minimum absolute atomic E-state index is 1.02. The van der Waals surface area contributed by atoms with Gasteiger partial charge in [0.25, 0.3) is 0 Å². The van der Waals surface area contributed by atoms with Crippen LogP contribution in [-0.2, 0) is 0 Å². The average molecular weight is 207 g/mol. The average Bonchev–Trinajstić information content (AvgIpc) is 2.28. The molecule has 0 bridgehead atoms. The Morgan fingerprint density at radius 3 is 2.13 bits per heavy atom. The second-order valence-electron chi connectivity index (χ2n) is 2.59. The van der Waals surface area contributed by atoms with Crippen LogP contribution < -0.4 is 0 Å². The molecular formula is C14H25N. The Bertz CT molecular complexity index is 244. The van der Waals surface area contributed by atoms with Gasteiger partial charge in [0.15, 0.2) is 0 Å². The first-order chi connectivity index (χ1) is 7.24. The summed E-state index contributed by atoms with van der Waals surface area (Å²) in [5, 5.41) is 0. The Labute approximate surface area is 95.5 Å². The number of allylic oxidation sites excluding steroid dienone is 4. The third kappa shape index (κ3) is 6.78. The highest BCUT2D eigenvalue weighted by atomic mass is 15.1. The van der Waals surface area contributed by atoms with Crippen molar-refractivity contribution in [2.45, 2.75) is 41.5 Å². The van der Waals surface area contributed by atoms with E-state index in [9.17, 15) is 0 Å². The summed E-state index contributed by atoms with van der Waals surface area (Å²) >= 11 is 0. The monoisotopic (exact) mass is 207 g/mol. The summed E-state index contributed by atoms with van der Waals surface area (Å²) in [6, 6.07) is 0. The molecule has 0 amide bonds. The fourth-order valence-electron chi connectivity index (χ4n) is 0.985. The zero-order valence-electron chi connectivity index (χ0n) is 11.0. The summed E-state index contributed by atoms with van der Waals surface area (Å²) in [7, 11) is 0. The molecule has 0 saturated carbocycles. The summed E-state index contributed by atoms with van der Waals surface area (Å²) in [4.78, 5) is 1.99. The molecule has 1 heteroatoms. The van der Waals surface area contributed by atoms with Gasteiger partial charge in [0, 0.05) is 18.1 Å². The van der Waals surface area contributed by atoms with Crippen molar-refractivity contribution in [1.29, 1.82) is 0 Å². The highest BCUT2D eigenvalue weighted by Gasteiger charge is 2.01. The number of rotatable bonds is 1. The lowest BCUT2D eigenvalue weighted by molar-refractivity contribution is 0.644. The van der Waals surface area contributed by atoms with Gasteiger partial charge >= 0.3 is 0 Å². The molecule has 1 heterocycles. The maximum Gasteiger partial charge on any atom is 0.0380 e. The van der Waals surface area contributed by atoms with E-state index in [0.29, 0.717) is 0 Å². The summed E-state index contributed by atoms with van der Waals surface area (Å²) in [5.41, 5.74) is 2.26. The van der Waals surface area contributed by atoms with Gasteiger partial charge in [0.1, 0.15) is 0 Å². The molecule has 0 atom stereocenters. The van der Waals surface area contributed by atoms with Gasteiger partial charge in [-0.1, -0.05) is 40.3 Å². The second kappa shape index (κ2) is 10.8. The molecule has 86 valence electrons. The molecule has 0 spiro atoms. The molecule has 0 aromatic heterocycles. The van der Waals surface area contributed by atoms with Crippen LogP contribution in [0.2, 0.25) is 0 Å². The molecule has 0 N–H and O–H groups in total. The fraction of sp³-hybridized carbons (Fsp3) is 0.429. The van der Waals surface area contributed by atoms with Gasteiger partial charge in [-0.25, -0.2) is 0 Å². The predicted octanol–water partition coefficient (Wildman–Crippen LogP) is 4.86. The molecule has 0 aliphatic carbocycles. The Morgan fingerprint density at radius 1 is 1.20 bits per heavy atom. The minimum Gasteiger partial charge on any atom is -0.325 e. The van der Waals surface area contributed by atoms with E-state index >= 15 is 0 Å². The molecule has 1 aliphatic rings. The standard InChI is InChI=1S/C10H13N.2C2H6/c1-4-6-11-7-5-9(2)8-10(11)3;2*1-2/h4-8H,3H2,1-2H3;2*1-2H3/b6-4-;;. The Morgan fingerprint density at radius 2 is 1.73 bits per heavy atom. The van der Waals surface area contributed by atoms with Crippen molar-refractivity contribution >= 4 is 0 Å². The van der Waals surface area contributed by atoms with Crippen molar-refractivity contribution in [1.82, 2.24) is 4.90 Å². The van der Waals surface area contributed by atoms with Crippen LogP contribution in [0.3, 0.4) is 0 Å². The topological polar surface area (TPSA) is 3.24 Å². The quantitative estimate of drug-likeness (QED) is 0.593. The number of hydrogen-bond donors (Lipinski definition) is 0. The molecule has 0 aromatic carbocycles. The number of hydrogen-bond acceptors (Lipinski definition) is 1. The highest BCUT2D eigenvalue weighted by Crippen LogP contribution is 2.14. The molecule has 0 radical (unpaired) electrons. The van der Waals surface area contributed by atoms with Crippen LogP contribution in [0.4, 0.5) is 0 Å². The lowest BCUT2D eigenvalue weighted by Gasteiger charge is -2.19. The first kappa shape index (κ1) is 16.2.